The largest absolute Gasteiger partial charge is 0.455 e. The molecule has 0 spiro atoms. The van der Waals surface area contributed by atoms with Gasteiger partial charge in [0.25, 0.3) is 0 Å². The van der Waals surface area contributed by atoms with Crippen LogP contribution in [0.2, 0.25) is 0 Å². The molecule has 8 aliphatic carbocycles. The Morgan fingerprint density at radius 2 is 0.803 bits per heavy atom. The summed E-state index contributed by atoms with van der Waals surface area (Å²) in [5.41, 5.74) is 2.40. The smallest absolute Gasteiger partial charge is 0.349 e. The molecular formula is C58H76N4O4. The molecule has 0 N–H and O–H groups in total. The quantitative estimate of drug-likeness (QED) is 0.0932. The molecule has 2 aromatic rings. The fourth-order valence-electron chi connectivity index (χ4n) is 14.3. The van der Waals surface area contributed by atoms with Gasteiger partial charge in [-0.15, -0.1) is 0 Å². The lowest BCUT2D eigenvalue weighted by Gasteiger charge is -2.60. The molecule has 0 saturated heterocycles. The van der Waals surface area contributed by atoms with Crippen LogP contribution in [0.3, 0.4) is 0 Å². The predicted octanol–water partition coefficient (Wildman–Crippen LogP) is 13.3. The summed E-state index contributed by atoms with van der Waals surface area (Å²) in [6.07, 6.45) is 34.2. The van der Waals surface area contributed by atoms with Gasteiger partial charge in [0, 0.05) is 44.0 Å². The van der Waals surface area contributed by atoms with Gasteiger partial charge in [-0.2, -0.15) is 10.5 Å². The number of ether oxygens (including phenoxy) is 2. The second-order valence-electron chi connectivity index (χ2n) is 22.5. The molecule has 4 bridgehead atoms. The first kappa shape index (κ1) is 46.5. The van der Waals surface area contributed by atoms with Crippen LogP contribution in [0.5, 0.6) is 0 Å². The second kappa shape index (κ2) is 21.6. The Hall–Kier alpha value is -4.56. The van der Waals surface area contributed by atoms with Crippen molar-refractivity contribution in [3.8, 4) is 12.1 Å². The monoisotopic (exact) mass is 893 g/mol. The van der Waals surface area contributed by atoms with Crippen LogP contribution in [0, 0.1) is 58.2 Å². The van der Waals surface area contributed by atoms with Gasteiger partial charge in [-0.1, -0.05) is 101 Å². The van der Waals surface area contributed by atoms with Crippen molar-refractivity contribution < 1.29 is 19.1 Å². The molecule has 0 unspecified atom stereocenters. The summed E-state index contributed by atoms with van der Waals surface area (Å²) in [5, 5.41) is 20.6. The maximum Gasteiger partial charge on any atom is 0.349 e. The van der Waals surface area contributed by atoms with E-state index in [0.717, 1.165) is 67.4 Å². The van der Waals surface area contributed by atoms with E-state index in [1.165, 1.54) is 140 Å². The average molecular weight is 893 g/mol. The summed E-state index contributed by atoms with van der Waals surface area (Å²) in [4.78, 5) is 33.1. The lowest BCUT2D eigenvalue weighted by atomic mass is 9.52. The highest BCUT2D eigenvalue weighted by Gasteiger charge is 2.61. The van der Waals surface area contributed by atoms with E-state index in [-0.39, 0.29) is 23.0 Å². The molecule has 0 aromatic heterocycles. The number of hydrogen-bond acceptors (Lipinski definition) is 8. The van der Waals surface area contributed by atoms with Crippen LogP contribution in [-0.4, -0.2) is 49.3 Å². The Labute approximate surface area is 396 Å². The summed E-state index contributed by atoms with van der Waals surface area (Å²) in [6, 6.07) is 21.1. The normalized spacial score (nSPS) is 27.7. The SMILES string of the molecule is N#C/C(=C\c1ccc(N(CC2CCCCC2)CC2CCCCC2)cc1)C(=O)OC12CC3CC(C1)CC(OC(=O)/C(C#N)=C/c1ccc(N(CC4CCCCC4)CC4CCCCC4)cc1)(C3)C2. The van der Waals surface area contributed by atoms with E-state index >= 15 is 0 Å². The van der Waals surface area contributed by atoms with Crippen LogP contribution >= 0.6 is 0 Å². The molecule has 10 rings (SSSR count). The minimum absolute atomic E-state index is 0.0161. The maximum absolute atomic E-state index is 13.9. The molecule has 0 radical (unpaired) electrons. The summed E-state index contributed by atoms with van der Waals surface area (Å²) in [7, 11) is 0. The molecule has 8 nitrogen and oxygen atoms in total. The van der Waals surface area contributed by atoms with Crippen molar-refractivity contribution in [3.05, 3.63) is 70.8 Å². The van der Waals surface area contributed by atoms with Crippen LogP contribution in [0.25, 0.3) is 12.2 Å². The first-order valence-electron chi connectivity index (χ1n) is 26.7. The van der Waals surface area contributed by atoms with Gasteiger partial charge in [-0.25, -0.2) is 9.59 Å². The van der Waals surface area contributed by atoms with Gasteiger partial charge in [0.1, 0.15) is 34.5 Å². The third-order valence-corrected chi connectivity index (χ3v) is 17.2. The molecule has 0 heterocycles. The topological polar surface area (TPSA) is 107 Å². The average Bonchev–Trinajstić information content (AvgIpc) is 3.33. The summed E-state index contributed by atoms with van der Waals surface area (Å²) < 4.78 is 12.8. The number of rotatable bonds is 16. The molecule has 8 aliphatic rings. The zero-order valence-corrected chi connectivity index (χ0v) is 39.9. The Bertz CT molecular complexity index is 1900. The Morgan fingerprint density at radius 1 is 0.500 bits per heavy atom. The minimum atomic E-state index is -0.812. The van der Waals surface area contributed by atoms with Crippen molar-refractivity contribution in [1.82, 2.24) is 0 Å². The predicted molar refractivity (Wildman–Crippen MR) is 263 cm³/mol. The highest BCUT2D eigenvalue weighted by atomic mass is 16.6. The number of nitriles is 2. The molecule has 66 heavy (non-hydrogen) atoms. The van der Waals surface area contributed by atoms with Crippen molar-refractivity contribution in [1.29, 1.82) is 10.5 Å². The van der Waals surface area contributed by atoms with Crippen LogP contribution in [-0.2, 0) is 19.1 Å². The van der Waals surface area contributed by atoms with Gasteiger partial charge in [-0.3, -0.25) is 0 Å². The van der Waals surface area contributed by atoms with Crippen molar-refractivity contribution >= 4 is 35.5 Å². The lowest BCUT2D eigenvalue weighted by molar-refractivity contribution is -0.227. The Balaban J connectivity index is 0.848. The van der Waals surface area contributed by atoms with Crippen LogP contribution in [0.4, 0.5) is 11.4 Å². The highest BCUT2D eigenvalue weighted by Crippen LogP contribution is 2.60. The molecule has 8 fully saturated rings. The van der Waals surface area contributed by atoms with Crippen molar-refractivity contribution in [3.63, 3.8) is 0 Å². The molecule has 0 aliphatic heterocycles. The van der Waals surface area contributed by atoms with Gasteiger partial charge in [0.15, 0.2) is 0 Å². The van der Waals surface area contributed by atoms with E-state index in [9.17, 15) is 20.1 Å². The number of esters is 2. The molecule has 0 atom stereocenters. The van der Waals surface area contributed by atoms with Gasteiger partial charge < -0.3 is 19.3 Å². The first-order valence-corrected chi connectivity index (χ1v) is 26.7. The molecule has 0 amide bonds. The van der Waals surface area contributed by atoms with Gasteiger partial charge >= 0.3 is 11.9 Å². The zero-order valence-electron chi connectivity index (χ0n) is 39.9. The second-order valence-corrected chi connectivity index (χ2v) is 22.5. The number of hydrogen-bond donors (Lipinski definition) is 0. The van der Waals surface area contributed by atoms with Crippen molar-refractivity contribution in [2.24, 2.45) is 35.5 Å². The van der Waals surface area contributed by atoms with E-state index < -0.39 is 23.1 Å². The summed E-state index contributed by atoms with van der Waals surface area (Å²) in [6.45, 7) is 4.40. The van der Waals surface area contributed by atoms with E-state index in [1.54, 1.807) is 12.2 Å². The summed E-state index contributed by atoms with van der Waals surface area (Å²) >= 11 is 0. The Kier molecular flexibility index (Phi) is 15.2. The molecule has 8 saturated carbocycles. The maximum atomic E-state index is 13.9. The van der Waals surface area contributed by atoms with Crippen LogP contribution in [0.15, 0.2) is 59.7 Å². The van der Waals surface area contributed by atoms with Crippen LogP contribution < -0.4 is 9.80 Å². The molecule has 8 heteroatoms. The zero-order chi connectivity index (χ0) is 45.4. The van der Waals surface area contributed by atoms with Crippen molar-refractivity contribution in [2.75, 3.05) is 36.0 Å². The van der Waals surface area contributed by atoms with Crippen LogP contribution in [0.1, 0.15) is 178 Å². The van der Waals surface area contributed by atoms with Gasteiger partial charge in [-0.05, 0) is 167 Å². The molecular weight excluding hydrogens is 817 g/mol. The number of carbonyl (C=O) groups excluding carboxylic acids is 2. The van der Waals surface area contributed by atoms with E-state index in [0.29, 0.717) is 32.1 Å². The van der Waals surface area contributed by atoms with E-state index in [1.807, 2.05) is 24.3 Å². The standard InChI is InChI=1S/C58H76N4O4/c59-36-51(30-43-21-25-53(26-22-43)61(38-45-13-5-1-6-14-45)39-46-15-7-2-8-16-46)55(63)65-57-32-49-29-50(33-57)35-58(34-49,42-57)66-56(64)52(37-60)31-44-23-27-54(28-24-44)62(40-47-17-9-3-10-18-47)41-48-19-11-4-12-20-48/h21-28,30-31,45-50H,1-20,29,32-35,38-42H2/b51-30+,52-31+. The lowest BCUT2D eigenvalue weighted by Crippen LogP contribution is -2.61. The number of nitrogens with zero attached hydrogens (tertiary/aromatic N) is 4. The fraction of sp³-hybridized carbons (Fsp3) is 0.655. The van der Waals surface area contributed by atoms with E-state index in [4.69, 9.17) is 9.47 Å². The minimum Gasteiger partial charge on any atom is -0.455 e. The number of anilines is 2. The Morgan fingerprint density at radius 3 is 1.09 bits per heavy atom. The van der Waals surface area contributed by atoms with Gasteiger partial charge in [0.05, 0.1) is 0 Å². The number of carbonyl (C=O) groups is 2. The molecule has 352 valence electrons. The summed E-state index contributed by atoms with van der Waals surface area (Å²) in [5.74, 6) is 2.22. The van der Waals surface area contributed by atoms with Crippen molar-refractivity contribution in [2.45, 2.75) is 178 Å². The van der Waals surface area contributed by atoms with Gasteiger partial charge in [0.2, 0.25) is 0 Å². The first-order chi connectivity index (χ1) is 32.2. The van der Waals surface area contributed by atoms with E-state index in [2.05, 4.69) is 46.2 Å². The molecule has 2 aromatic carbocycles. The number of benzene rings is 2. The highest BCUT2D eigenvalue weighted by molar-refractivity contribution is 5.99. The third kappa shape index (κ3) is 11.8. The third-order valence-electron chi connectivity index (χ3n) is 17.2. The fourth-order valence-corrected chi connectivity index (χ4v) is 14.3.